The smallest absolute Gasteiger partial charge is 0.270 e. The fourth-order valence-corrected chi connectivity index (χ4v) is 4.69. The molecule has 0 radical (unpaired) electrons. The molecule has 2 fully saturated rings. The Hall–Kier alpha value is -3.37. The summed E-state index contributed by atoms with van der Waals surface area (Å²) in [6.07, 6.45) is 4.12. The zero-order chi connectivity index (χ0) is 21.2. The van der Waals surface area contributed by atoms with E-state index < -0.39 is 0 Å². The Morgan fingerprint density at radius 1 is 1.06 bits per heavy atom. The van der Waals surface area contributed by atoms with E-state index in [9.17, 15) is 10.1 Å². The number of nitrogens with one attached hydrogen (secondary N) is 2. The van der Waals surface area contributed by atoms with E-state index in [0.29, 0.717) is 11.5 Å². The molecule has 2 aromatic heterocycles. The number of hydrogen-bond donors (Lipinski definition) is 2. The van der Waals surface area contributed by atoms with Crippen LogP contribution in [0.2, 0.25) is 0 Å². The maximum Gasteiger partial charge on any atom is 0.270 e. The minimum atomic E-state index is -0.230. The van der Waals surface area contributed by atoms with Gasteiger partial charge in [-0.3, -0.25) is 9.36 Å². The van der Waals surface area contributed by atoms with Crippen LogP contribution in [0.3, 0.4) is 0 Å². The predicted octanol–water partition coefficient (Wildman–Crippen LogP) is 3.54. The van der Waals surface area contributed by atoms with E-state index in [1.807, 2.05) is 12.1 Å². The first-order valence-electron chi connectivity index (χ1n) is 11.0. The Balaban J connectivity index is 1.46. The maximum atomic E-state index is 12.9. The van der Waals surface area contributed by atoms with Gasteiger partial charge in [0, 0.05) is 49.0 Å². The third kappa shape index (κ3) is 3.87. The molecule has 1 aliphatic heterocycles. The Bertz CT molecular complexity index is 1180. The van der Waals surface area contributed by atoms with Gasteiger partial charge in [0.1, 0.15) is 23.1 Å². The molecular weight excluding hydrogens is 388 g/mol. The number of pyridine rings is 2. The summed E-state index contributed by atoms with van der Waals surface area (Å²) in [5.74, 6) is 0.693. The van der Waals surface area contributed by atoms with Crippen LogP contribution in [0.25, 0.3) is 11.0 Å². The second-order valence-electron chi connectivity index (χ2n) is 8.30. The fraction of sp³-hybridized carbons (Fsp3) is 0.375. The highest BCUT2D eigenvalue weighted by Gasteiger charge is 2.22. The summed E-state index contributed by atoms with van der Waals surface area (Å²) < 4.78 is 1.75. The summed E-state index contributed by atoms with van der Waals surface area (Å²) in [4.78, 5) is 20.1. The van der Waals surface area contributed by atoms with Gasteiger partial charge < -0.3 is 15.5 Å². The lowest BCUT2D eigenvalue weighted by atomic mass is 10.1. The molecule has 2 aliphatic rings. The van der Waals surface area contributed by atoms with E-state index in [1.54, 1.807) is 10.6 Å². The van der Waals surface area contributed by atoms with E-state index in [-0.39, 0.29) is 17.2 Å². The molecular formula is C24H26N6O. The average molecular weight is 415 g/mol. The van der Waals surface area contributed by atoms with E-state index in [4.69, 9.17) is 4.98 Å². The Morgan fingerprint density at radius 3 is 2.52 bits per heavy atom. The maximum absolute atomic E-state index is 12.9. The van der Waals surface area contributed by atoms with Crippen LogP contribution in [-0.4, -0.2) is 35.7 Å². The molecule has 1 saturated heterocycles. The summed E-state index contributed by atoms with van der Waals surface area (Å²) in [6, 6.07) is 16.0. The monoisotopic (exact) mass is 414 g/mol. The number of rotatable bonds is 4. The lowest BCUT2D eigenvalue weighted by Gasteiger charge is -2.29. The number of hydrogen-bond acceptors (Lipinski definition) is 6. The molecule has 1 saturated carbocycles. The van der Waals surface area contributed by atoms with Crippen LogP contribution in [0.4, 0.5) is 17.2 Å². The standard InChI is InChI=1S/C24H26N6O/c25-16-18-15-17-5-10-22(28-23(17)30(24(18)31)21-3-1-2-4-21)27-19-6-8-20(9-7-19)29-13-11-26-12-14-29/h5-10,15,21,26H,1-4,11-14H2,(H,27,28). The molecule has 2 N–H and O–H groups in total. The first-order valence-corrected chi connectivity index (χ1v) is 11.0. The van der Waals surface area contributed by atoms with Gasteiger partial charge in [0.05, 0.1) is 0 Å². The zero-order valence-corrected chi connectivity index (χ0v) is 17.5. The van der Waals surface area contributed by atoms with Gasteiger partial charge in [-0.25, -0.2) is 4.98 Å². The molecule has 1 aromatic carbocycles. The number of benzene rings is 1. The molecule has 0 unspecified atom stereocenters. The van der Waals surface area contributed by atoms with Crippen molar-refractivity contribution in [3.8, 4) is 6.07 Å². The van der Waals surface area contributed by atoms with Crippen LogP contribution < -0.4 is 21.1 Å². The molecule has 5 rings (SSSR count). The number of piperazine rings is 1. The Morgan fingerprint density at radius 2 is 1.81 bits per heavy atom. The highest BCUT2D eigenvalue weighted by Crippen LogP contribution is 2.31. The quantitative estimate of drug-likeness (QED) is 0.679. The van der Waals surface area contributed by atoms with E-state index in [1.165, 1.54) is 5.69 Å². The average Bonchev–Trinajstić information content (AvgIpc) is 3.34. The normalized spacial score (nSPS) is 17.1. The van der Waals surface area contributed by atoms with Gasteiger partial charge in [0.25, 0.3) is 5.56 Å². The SMILES string of the molecule is N#Cc1cc2ccc(Nc3ccc(N4CCNCC4)cc3)nc2n(C2CCCC2)c1=O. The van der Waals surface area contributed by atoms with Gasteiger partial charge in [-0.2, -0.15) is 5.26 Å². The van der Waals surface area contributed by atoms with Gasteiger partial charge >= 0.3 is 0 Å². The number of nitriles is 1. The molecule has 7 nitrogen and oxygen atoms in total. The first-order chi connectivity index (χ1) is 15.2. The Kier molecular flexibility index (Phi) is 5.31. The summed E-state index contributed by atoms with van der Waals surface area (Å²) in [7, 11) is 0. The van der Waals surface area contributed by atoms with Crippen molar-refractivity contribution < 1.29 is 0 Å². The molecule has 0 spiro atoms. The largest absolute Gasteiger partial charge is 0.369 e. The van der Waals surface area contributed by atoms with Crippen LogP contribution in [0.5, 0.6) is 0 Å². The van der Waals surface area contributed by atoms with Crippen molar-refractivity contribution in [2.75, 3.05) is 36.4 Å². The highest BCUT2D eigenvalue weighted by atomic mass is 16.1. The van der Waals surface area contributed by atoms with Crippen molar-refractivity contribution in [3.63, 3.8) is 0 Å². The molecule has 0 amide bonds. The summed E-state index contributed by atoms with van der Waals surface area (Å²) in [5.41, 5.74) is 2.78. The number of anilines is 3. The second-order valence-corrected chi connectivity index (χ2v) is 8.30. The highest BCUT2D eigenvalue weighted by molar-refractivity contribution is 5.79. The minimum Gasteiger partial charge on any atom is -0.369 e. The first kappa shape index (κ1) is 19.6. The molecule has 0 bridgehead atoms. The number of nitrogens with zero attached hydrogens (tertiary/aromatic N) is 4. The molecule has 1 aliphatic carbocycles. The number of fused-ring (bicyclic) bond motifs is 1. The van der Waals surface area contributed by atoms with E-state index in [2.05, 4.69) is 45.9 Å². The summed E-state index contributed by atoms with van der Waals surface area (Å²) in [5, 5.41) is 17.0. The molecule has 7 heteroatoms. The molecule has 31 heavy (non-hydrogen) atoms. The van der Waals surface area contributed by atoms with Crippen LogP contribution in [-0.2, 0) is 0 Å². The molecule has 3 heterocycles. The molecule has 0 atom stereocenters. The predicted molar refractivity (Wildman–Crippen MR) is 123 cm³/mol. The van der Waals surface area contributed by atoms with Gasteiger partial charge in [0.15, 0.2) is 0 Å². The van der Waals surface area contributed by atoms with Gasteiger partial charge in [-0.05, 0) is 55.3 Å². The van der Waals surface area contributed by atoms with E-state index in [0.717, 1.165) is 62.9 Å². The van der Waals surface area contributed by atoms with Crippen LogP contribution in [0.1, 0.15) is 37.3 Å². The van der Waals surface area contributed by atoms with Gasteiger partial charge in [-0.15, -0.1) is 0 Å². The molecule has 3 aromatic rings. The summed E-state index contributed by atoms with van der Waals surface area (Å²) in [6.45, 7) is 4.05. The lowest BCUT2D eigenvalue weighted by Crippen LogP contribution is -2.43. The van der Waals surface area contributed by atoms with Crippen molar-refractivity contribution in [2.24, 2.45) is 0 Å². The fourth-order valence-electron chi connectivity index (χ4n) is 4.69. The summed E-state index contributed by atoms with van der Waals surface area (Å²) >= 11 is 0. The topological polar surface area (TPSA) is 86.0 Å². The van der Waals surface area contributed by atoms with Crippen LogP contribution >= 0.6 is 0 Å². The third-order valence-corrected chi connectivity index (χ3v) is 6.31. The van der Waals surface area contributed by atoms with Crippen molar-refractivity contribution in [1.82, 2.24) is 14.9 Å². The van der Waals surface area contributed by atoms with Crippen molar-refractivity contribution in [2.45, 2.75) is 31.7 Å². The van der Waals surface area contributed by atoms with Crippen molar-refractivity contribution in [1.29, 1.82) is 5.26 Å². The van der Waals surface area contributed by atoms with Crippen LogP contribution in [0, 0.1) is 11.3 Å². The minimum absolute atomic E-state index is 0.115. The second kappa shape index (κ2) is 8.40. The van der Waals surface area contributed by atoms with Crippen LogP contribution in [0.15, 0.2) is 47.3 Å². The number of aromatic nitrogens is 2. The van der Waals surface area contributed by atoms with Gasteiger partial charge in [-0.1, -0.05) is 12.8 Å². The third-order valence-electron chi connectivity index (χ3n) is 6.31. The van der Waals surface area contributed by atoms with Crippen molar-refractivity contribution in [3.05, 3.63) is 58.4 Å². The lowest BCUT2D eigenvalue weighted by molar-refractivity contribution is 0.515. The van der Waals surface area contributed by atoms with Gasteiger partial charge in [0.2, 0.25) is 0 Å². The molecule has 158 valence electrons. The van der Waals surface area contributed by atoms with Crippen molar-refractivity contribution >= 4 is 28.2 Å². The zero-order valence-electron chi connectivity index (χ0n) is 17.5. The van der Waals surface area contributed by atoms with E-state index >= 15 is 0 Å². The Labute approximate surface area is 181 Å².